The van der Waals surface area contributed by atoms with E-state index in [4.69, 9.17) is 9.47 Å². The molecule has 1 aromatic carbocycles. The Morgan fingerprint density at radius 1 is 1.30 bits per heavy atom. The van der Waals surface area contributed by atoms with Gasteiger partial charge in [0.25, 0.3) is 5.91 Å². The maximum Gasteiger partial charge on any atom is 0.410 e. The molecule has 1 fully saturated rings. The van der Waals surface area contributed by atoms with E-state index in [2.05, 4.69) is 20.4 Å². The zero-order chi connectivity index (χ0) is 26.9. The second-order valence-electron chi connectivity index (χ2n) is 9.95. The Hall–Kier alpha value is -3.96. The van der Waals surface area contributed by atoms with E-state index in [1.54, 1.807) is 38.2 Å². The molecule has 1 aliphatic heterocycles. The van der Waals surface area contributed by atoms with E-state index in [0.29, 0.717) is 30.8 Å². The molecule has 0 radical (unpaired) electrons. The minimum atomic E-state index is -0.578. The van der Waals surface area contributed by atoms with Gasteiger partial charge < -0.3 is 24.6 Å². The molecule has 1 aliphatic rings. The lowest BCUT2D eigenvalue weighted by Gasteiger charge is -2.28. The van der Waals surface area contributed by atoms with Gasteiger partial charge in [-0.3, -0.25) is 9.48 Å². The van der Waals surface area contributed by atoms with Crippen molar-refractivity contribution in [3.63, 3.8) is 0 Å². The first-order valence-electron chi connectivity index (χ1n) is 12.1. The predicted octanol–water partition coefficient (Wildman–Crippen LogP) is 3.60. The molecule has 12 heteroatoms. The molecule has 0 saturated carbocycles. The number of aryl methyl sites for hydroxylation is 1. The van der Waals surface area contributed by atoms with Crippen LogP contribution in [0.2, 0.25) is 0 Å². The third-order valence-corrected chi connectivity index (χ3v) is 5.88. The monoisotopic (exact) mass is 513 g/mol. The number of hydrogen-bond acceptors (Lipinski definition) is 8. The van der Waals surface area contributed by atoms with Gasteiger partial charge >= 0.3 is 6.09 Å². The molecule has 3 aromatic rings. The van der Waals surface area contributed by atoms with E-state index in [-0.39, 0.29) is 41.4 Å². The van der Waals surface area contributed by atoms with Crippen LogP contribution >= 0.6 is 0 Å². The summed E-state index contributed by atoms with van der Waals surface area (Å²) in [7, 11) is 3.41. The topological polar surface area (TPSA) is 115 Å². The highest BCUT2D eigenvalue weighted by atomic mass is 19.1. The van der Waals surface area contributed by atoms with E-state index >= 15 is 0 Å². The maximum absolute atomic E-state index is 14.4. The van der Waals surface area contributed by atoms with Gasteiger partial charge in [0.2, 0.25) is 11.8 Å². The molecule has 37 heavy (non-hydrogen) atoms. The van der Waals surface area contributed by atoms with E-state index in [1.807, 2.05) is 25.7 Å². The molecule has 1 saturated heterocycles. The number of rotatable bonds is 6. The fraction of sp³-hybridized carbons (Fsp3) is 0.480. The fourth-order valence-electron chi connectivity index (χ4n) is 4.12. The highest BCUT2D eigenvalue weighted by Crippen LogP contribution is 2.26. The van der Waals surface area contributed by atoms with Crippen LogP contribution in [0.3, 0.4) is 0 Å². The molecular weight excluding hydrogens is 481 g/mol. The van der Waals surface area contributed by atoms with Crippen molar-refractivity contribution in [1.82, 2.24) is 24.6 Å². The zero-order valence-electron chi connectivity index (χ0n) is 21.9. The van der Waals surface area contributed by atoms with Crippen molar-refractivity contribution in [2.24, 2.45) is 7.05 Å². The first-order chi connectivity index (χ1) is 17.4. The number of halogens is 1. The lowest BCUT2D eigenvalue weighted by Crippen LogP contribution is -2.42. The van der Waals surface area contributed by atoms with Crippen molar-refractivity contribution in [2.45, 2.75) is 45.8 Å². The fourth-order valence-corrected chi connectivity index (χ4v) is 4.12. The summed E-state index contributed by atoms with van der Waals surface area (Å²) in [5, 5.41) is 7.33. The summed E-state index contributed by atoms with van der Waals surface area (Å²) < 4.78 is 27.1. The molecule has 3 heterocycles. The molecule has 1 N–H and O–H groups in total. The van der Waals surface area contributed by atoms with E-state index in [0.717, 1.165) is 0 Å². The van der Waals surface area contributed by atoms with E-state index in [1.165, 1.54) is 16.9 Å². The van der Waals surface area contributed by atoms with Gasteiger partial charge in [0, 0.05) is 50.7 Å². The molecular formula is C25H32FN7O4. The quantitative estimate of drug-likeness (QED) is 0.532. The Morgan fingerprint density at radius 3 is 2.76 bits per heavy atom. The second-order valence-corrected chi connectivity index (χ2v) is 9.95. The number of likely N-dealkylation sites (N-methyl/N-ethyl adjacent to an activating group) is 1. The Labute approximate surface area is 214 Å². The molecule has 1 atom stereocenters. The third-order valence-electron chi connectivity index (χ3n) is 5.88. The normalized spacial score (nSPS) is 15.6. The molecule has 4 rings (SSSR count). The van der Waals surface area contributed by atoms with Crippen LogP contribution in [0.1, 0.15) is 44.5 Å². The van der Waals surface area contributed by atoms with Gasteiger partial charge in [-0.1, -0.05) is 0 Å². The largest absolute Gasteiger partial charge is 0.477 e. The minimum Gasteiger partial charge on any atom is -0.477 e. The van der Waals surface area contributed by atoms with Crippen LogP contribution in [0.25, 0.3) is 10.9 Å². The predicted molar refractivity (Wildman–Crippen MR) is 136 cm³/mol. The van der Waals surface area contributed by atoms with Gasteiger partial charge in [-0.2, -0.15) is 10.1 Å². The number of benzene rings is 1. The summed E-state index contributed by atoms with van der Waals surface area (Å²) in [4.78, 5) is 37.9. The first kappa shape index (κ1) is 26.1. The van der Waals surface area contributed by atoms with E-state index < -0.39 is 17.3 Å². The minimum absolute atomic E-state index is 0.0748. The molecule has 0 unspecified atom stereocenters. The molecule has 0 bridgehead atoms. The molecule has 0 aliphatic carbocycles. The number of carbonyl (C=O) groups excluding carboxylic acids is 2. The van der Waals surface area contributed by atoms with Crippen LogP contribution in [0.15, 0.2) is 24.5 Å². The second kappa shape index (κ2) is 10.2. The Bertz CT molecular complexity index is 1320. The Morgan fingerprint density at radius 2 is 2.05 bits per heavy atom. The van der Waals surface area contributed by atoms with Crippen molar-refractivity contribution in [2.75, 3.05) is 37.0 Å². The number of aromatic nitrogens is 4. The van der Waals surface area contributed by atoms with Crippen LogP contribution in [-0.2, 0) is 11.8 Å². The SMILES string of the molecule is CCOc1nc(N2CC[C@@H](N(C)C(=O)OC(C)(C)C)C2)ncc1C(=O)Nc1cc(F)c2nn(C)cc2c1. The number of amides is 2. The smallest absolute Gasteiger partial charge is 0.410 e. The van der Waals surface area contributed by atoms with Gasteiger partial charge in [0.1, 0.15) is 16.7 Å². The van der Waals surface area contributed by atoms with Crippen molar-refractivity contribution < 1.29 is 23.5 Å². The standard InChI is InChI=1S/C25H32FN7O4/c1-7-36-22-18(21(34)28-16-10-15-13-31(5)30-20(15)19(26)11-16)12-27-23(29-22)33-9-8-17(14-33)32(6)24(35)37-25(2,3)4/h10-13,17H,7-9,14H2,1-6H3,(H,28,34)/t17-/m1/s1. The first-order valence-corrected chi connectivity index (χ1v) is 12.1. The third kappa shape index (κ3) is 5.89. The number of anilines is 2. The average Bonchev–Trinajstić information content (AvgIpc) is 3.44. The van der Waals surface area contributed by atoms with Crippen LogP contribution in [0.5, 0.6) is 5.88 Å². The maximum atomic E-state index is 14.4. The van der Waals surface area contributed by atoms with Gasteiger partial charge in [-0.15, -0.1) is 0 Å². The molecule has 198 valence electrons. The summed E-state index contributed by atoms with van der Waals surface area (Å²) in [6.07, 6.45) is 3.39. The molecule has 2 aromatic heterocycles. The summed E-state index contributed by atoms with van der Waals surface area (Å²) in [5.74, 6) is -0.550. The Kier molecular flexibility index (Phi) is 7.19. The van der Waals surface area contributed by atoms with Crippen LogP contribution in [-0.4, -0.2) is 75.0 Å². The number of fused-ring (bicyclic) bond motifs is 1. The van der Waals surface area contributed by atoms with Crippen molar-refractivity contribution in [3.05, 3.63) is 35.9 Å². The van der Waals surface area contributed by atoms with Gasteiger partial charge in [0.05, 0.1) is 12.6 Å². The average molecular weight is 514 g/mol. The van der Waals surface area contributed by atoms with Crippen LogP contribution in [0.4, 0.5) is 20.8 Å². The number of hydrogen-bond donors (Lipinski definition) is 1. The highest BCUT2D eigenvalue weighted by molar-refractivity contribution is 6.06. The summed E-state index contributed by atoms with van der Waals surface area (Å²) >= 11 is 0. The summed E-state index contributed by atoms with van der Waals surface area (Å²) in [6, 6.07) is 2.79. The summed E-state index contributed by atoms with van der Waals surface area (Å²) in [6.45, 7) is 8.70. The number of carbonyl (C=O) groups is 2. The molecule has 2 amide bonds. The lowest BCUT2D eigenvalue weighted by atomic mass is 10.2. The van der Waals surface area contributed by atoms with Gasteiger partial charge in [0.15, 0.2) is 5.82 Å². The molecule has 0 spiro atoms. The molecule has 11 nitrogen and oxygen atoms in total. The zero-order valence-corrected chi connectivity index (χ0v) is 21.9. The van der Waals surface area contributed by atoms with Gasteiger partial charge in [-0.25, -0.2) is 14.2 Å². The number of nitrogens with zero attached hydrogens (tertiary/aromatic N) is 6. The van der Waals surface area contributed by atoms with Crippen molar-refractivity contribution in [3.8, 4) is 5.88 Å². The van der Waals surface area contributed by atoms with Crippen molar-refractivity contribution in [1.29, 1.82) is 0 Å². The highest BCUT2D eigenvalue weighted by Gasteiger charge is 2.32. The van der Waals surface area contributed by atoms with Gasteiger partial charge in [-0.05, 0) is 46.2 Å². The summed E-state index contributed by atoms with van der Waals surface area (Å²) in [5.41, 5.74) is 0.0517. The van der Waals surface area contributed by atoms with Crippen LogP contribution in [0, 0.1) is 5.82 Å². The van der Waals surface area contributed by atoms with E-state index in [9.17, 15) is 14.0 Å². The number of ether oxygens (including phenoxy) is 2. The number of nitrogens with one attached hydrogen (secondary N) is 1. The van der Waals surface area contributed by atoms with Crippen LogP contribution < -0.4 is 15.0 Å². The van der Waals surface area contributed by atoms with Crippen molar-refractivity contribution >= 4 is 34.5 Å². The lowest BCUT2D eigenvalue weighted by molar-refractivity contribution is 0.0237. The Balaban J connectivity index is 1.49.